The SMILES string of the molecule is Cc1ccc(OCC#CCNS(=O)(=O)c2cccc3ccc(C)nc23)cn1. The Morgan fingerprint density at radius 2 is 1.85 bits per heavy atom. The average molecular weight is 381 g/mol. The number of hydrogen-bond donors (Lipinski definition) is 1. The molecule has 2 heterocycles. The second-order valence-electron chi connectivity index (χ2n) is 5.88. The van der Waals surface area contributed by atoms with Crippen LogP contribution in [0.2, 0.25) is 0 Å². The Morgan fingerprint density at radius 3 is 2.63 bits per heavy atom. The van der Waals surface area contributed by atoms with Crippen LogP contribution in [0.5, 0.6) is 5.75 Å². The van der Waals surface area contributed by atoms with E-state index in [-0.39, 0.29) is 18.0 Å². The molecule has 0 amide bonds. The number of pyridine rings is 2. The Balaban J connectivity index is 1.63. The molecule has 2 aromatic heterocycles. The van der Waals surface area contributed by atoms with Crippen molar-refractivity contribution in [3.8, 4) is 17.6 Å². The van der Waals surface area contributed by atoms with Crippen LogP contribution in [0.3, 0.4) is 0 Å². The van der Waals surface area contributed by atoms with E-state index in [1.807, 2.05) is 44.2 Å². The van der Waals surface area contributed by atoms with Gasteiger partial charge in [-0.15, -0.1) is 0 Å². The highest BCUT2D eigenvalue weighted by molar-refractivity contribution is 7.89. The molecular formula is C20H19N3O3S. The van der Waals surface area contributed by atoms with E-state index >= 15 is 0 Å². The Kier molecular flexibility index (Phi) is 5.69. The summed E-state index contributed by atoms with van der Waals surface area (Å²) in [5, 5.41) is 0.773. The van der Waals surface area contributed by atoms with Crippen molar-refractivity contribution in [2.24, 2.45) is 0 Å². The van der Waals surface area contributed by atoms with E-state index in [2.05, 4.69) is 26.5 Å². The molecule has 0 aliphatic heterocycles. The van der Waals surface area contributed by atoms with Crippen molar-refractivity contribution in [1.29, 1.82) is 0 Å². The largest absolute Gasteiger partial charge is 0.479 e. The van der Waals surface area contributed by atoms with Crippen LogP contribution in [0.1, 0.15) is 11.4 Å². The lowest BCUT2D eigenvalue weighted by atomic mass is 10.2. The van der Waals surface area contributed by atoms with Crippen LogP contribution in [-0.4, -0.2) is 31.5 Å². The molecule has 3 rings (SSSR count). The van der Waals surface area contributed by atoms with Crippen molar-refractivity contribution in [2.75, 3.05) is 13.2 Å². The Morgan fingerprint density at radius 1 is 1.04 bits per heavy atom. The van der Waals surface area contributed by atoms with Gasteiger partial charge in [-0.3, -0.25) is 9.97 Å². The van der Waals surface area contributed by atoms with Gasteiger partial charge in [-0.25, -0.2) is 8.42 Å². The molecule has 0 aliphatic carbocycles. The monoisotopic (exact) mass is 381 g/mol. The summed E-state index contributed by atoms with van der Waals surface area (Å²) in [5.74, 6) is 6.14. The maximum Gasteiger partial charge on any atom is 0.243 e. The van der Waals surface area contributed by atoms with Crippen molar-refractivity contribution in [1.82, 2.24) is 14.7 Å². The van der Waals surface area contributed by atoms with E-state index in [9.17, 15) is 8.42 Å². The molecule has 0 fully saturated rings. The summed E-state index contributed by atoms with van der Waals surface area (Å²) in [6.07, 6.45) is 1.62. The minimum absolute atomic E-state index is 0.0138. The molecule has 0 atom stereocenters. The molecule has 0 aliphatic rings. The molecule has 3 aromatic rings. The first-order valence-electron chi connectivity index (χ1n) is 8.33. The maximum atomic E-state index is 12.6. The van der Waals surface area contributed by atoms with Crippen LogP contribution < -0.4 is 9.46 Å². The first-order chi connectivity index (χ1) is 13.0. The van der Waals surface area contributed by atoms with Gasteiger partial charge in [-0.05, 0) is 38.1 Å². The number of nitrogens with zero attached hydrogens (tertiary/aromatic N) is 2. The molecule has 1 N–H and O–H groups in total. The minimum Gasteiger partial charge on any atom is -0.479 e. The second kappa shape index (κ2) is 8.16. The molecule has 0 saturated heterocycles. The molecule has 0 saturated carbocycles. The maximum absolute atomic E-state index is 12.6. The molecule has 138 valence electrons. The fraction of sp³-hybridized carbons (Fsp3) is 0.200. The molecule has 0 spiro atoms. The lowest BCUT2D eigenvalue weighted by Crippen LogP contribution is -2.24. The van der Waals surface area contributed by atoms with Crippen molar-refractivity contribution in [3.05, 3.63) is 60.0 Å². The highest BCUT2D eigenvalue weighted by atomic mass is 32.2. The van der Waals surface area contributed by atoms with Crippen LogP contribution in [0.25, 0.3) is 10.9 Å². The topological polar surface area (TPSA) is 81.2 Å². The summed E-state index contributed by atoms with van der Waals surface area (Å²) < 4.78 is 33.1. The highest BCUT2D eigenvalue weighted by Crippen LogP contribution is 2.21. The number of aryl methyl sites for hydroxylation is 2. The Labute approximate surface area is 158 Å². The second-order valence-corrected chi connectivity index (χ2v) is 7.62. The van der Waals surface area contributed by atoms with Gasteiger partial charge in [0.25, 0.3) is 0 Å². The molecule has 7 heteroatoms. The molecule has 0 bridgehead atoms. The van der Waals surface area contributed by atoms with Crippen molar-refractivity contribution in [2.45, 2.75) is 18.7 Å². The number of aromatic nitrogens is 2. The number of benzene rings is 1. The summed E-state index contributed by atoms with van der Waals surface area (Å²) in [7, 11) is -3.71. The summed E-state index contributed by atoms with van der Waals surface area (Å²) in [6.45, 7) is 3.86. The quantitative estimate of drug-likeness (QED) is 0.687. The zero-order valence-corrected chi connectivity index (χ0v) is 15.9. The zero-order valence-electron chi connectivity index (χ0n) is 15.1. The first kappa shape index (κ1) is 18.8. The smallest absolute Gasteiger partial charge is 0.243 e. The summed E-state index contributed by atoms with van der Waals surface area (Å²) in [4.78, 5) is 8.62. The fourth-order valence-corrected chi connectivity index (χ4v) is 3.51. The van der Waals surface area contributed by atoms with E-state index in [0.717, 1.165) is 16.8 Å². The van der Waals surface area contributed by atoms with Crippen molar-refractivity contribution in [3.63, 3.8) is 0 Å². The zero-order chi connectivity index (χ0) is 19.3. The van der Waals surface area contributed by atoms with Crippen LogP contribution >= 0.6 is 0 Å². The number of para-hydroxylation sites is 1. The number of sulfonamides is 1. The van der Waals surface area contributed by atoms with Crippen LogP contribution in [0.15, 0.2) is 53.6 Å². The van der Waals surface area contributed by atoms with Crippen molar-refractivity contribution >= 4 is 20.9 Å². The minimum atomic E-state index is -3.71. The molecular weight excluding hydrogens is 362 g/mol. The van der Waals surface area contributed by atoms with Crippen LogP contribution in [-0.2, 0) is 10.0 Å². The number of rotatable bonds is 5. The third kappa shape index (κ3) is 4.82. The standard InChI is InChI=1S/C20H19N3O3S/c1-15-9-11-18(14-21-15)26-13-4-3-12-22-27(24,25)19-7-5-6-17-10-8-16(2)23-20(17)19/h5-11,14,22H,12-13H2,1-2H3. The van der Waals surface area contributed by atoms with E-state index in [1.54, 1.807) is 12.3 Å². The van der Waals surface area contributed by atoms with Gasteiger partial charge in [0, 0.05) is 16.8 Å². The molecule has 27 heavy (non-hydrogen) atoms. The van der Waals surface area contributed by atoms with E-state index < -0.39 is 10.0 Å². The summed E-state index contributed by atoms with van der Waals surface area (Å²) in [6, 6.07) is 12.4. The lowest BCUT2D eigenvalue weighted by Gasteiger charge is -2.07. The Hall–Kier alpha value is -2.95. The Bertz CT molecular complexity index is 1110. The normalized spacial score (nSPS) is 11.0. The van der Waals surface area contributed by atoms with Crippen LogP contribution in [0.4, 0.5) is 0 Å². The highest BCUT2D eigenvalue weighted by Gasteiger charge is 2.17. The number of hydrogen-bond acceptors (Lipinski definition) is 5. The molecule has 6 nitrogen and oxygen atoms in total. The van der Waals surface area contributed by atoms with Gasteiger partial charge in [0.2, 0.25) is 10.0 Å². The average Bonchev–Trinajstić information content (AvgIpc) is 2.65. The fourth-order valence-electron chi connectivity index (χ4n) is 2.42. The lowest BCUT2D eigenvalue weighted by molar-refractivity contribution is 0.368. The van der Waals surface area contributed by atoms with Crippen molar-refractivity contribution < 1.29 is 13.2 Å². The van der Waals surface area contributed by atoms with Gasteiger partial charge in [-0.1, -0.05) is 30.0 Å². The van der Waals surface area contributed by atoms with Gasteiger partial charge in [0.1, 0.15) is 17.3 Å². The molecule has 0 radical (unpaired) electrons. The summed E-state index contributed by atoms with van der Waals surface area (Å²) >= 11 is 0. The third-order valence-electron chi connectivity index (χ3n) is 3.78. The molecule has 1 aromatic carbocycles. The number of fused-ring (bicyclic) bond motifs is 1. The van der Waals surface area contributed by atoms with Gasteiger partial charge >= 0.3 is 0 Å². The number of nitrogens with one attached hydrogen (secondary N) is 1. The van der Waals surface area contributed by atoms with Gasteiger partial charge in [0.15, 0.2) is 0 Å². The first-order valence-corrected chi connectivity index (χ1v) is 9.81. The van der Waals surface area contributed by atoms with Gasteiger partial charge in [0.05, 0.1) is 18.3 Å². The van der Waals surface area contributed by atoms with Gasteiger partial charge in [-0.2, -0.15) is 4.72 Å². The predicted molar refractivity (Wildman–Crippen MR) is 104 cm³/mol. The predicted octanol–water partition coefficient (Wildman–Crippen LogP) is 2.61. The number of ether oxygens (including phenoxy) is 1. The van der Waals surface area contributed by atoms with E-state index in [0.29, 0.717) is 11.3 Å². The van der Waals surface area contributed by atoms with Gasteiger partial charge < -0.3 is 4.74 Å². The van der Waals surface area contributed by atoms with E-state index in [4.69, 9.17) is 4.74 Å². The summed E-state index contributed by atoms with van der Waals surface area (Å²) in [5.41, 5.74) is 2.11. The van der Waals surface area contributed by atoms with E-state index in [1.165, 1.54) is 6.07 Å². The van der Waals surface area contributed by atoms with Crippen LogP contribution in [0, 0.1) is 25.7 Å². The molecule has 0 unspecified atom stereocenters. The third-order valence-corrected chi connectivity index (χ3v) is 5.22.